The van der Waals surface area contributed by atoms with Gasteiger partial charge in [0.1, 0.15) is 35.1 Å². The van der Waals surface area contributed by atoms with Crippen LogP contribution in [0, 0.1) is 0 Å². The van der Waals surface area contributed by atoms with E-state index in [0.717, 1.165) is 17.5 Å². The molecule has 0 aliphatic heterocycles. The predicted octanol–water partition coefficient (Wildman–Crippen LogP) is 4.38. The van der Waals surface area contributed by atoms with E-state index in [1.54, 1.807) is 43.3 Å². The molecule has 3 aromatic rings. The first-order chi connectivity index (χ1) is 15.8. The van der Waals surface area contributed by atoms with Crippen LogP contribution in [0.3, 0.4) is 0 Å². The summed E-state index contributed by atoms with van der Waals surface area (Å²) in [7, 11) is 0. The molecule has 0 aliphatic rings. The van der Waals surface area contributed by atoms with Crippen LogP contribution in [0.4, 0.5) is 0 Å². The molecule has 0 spiro atoms. The molecule has 0 bridgehead atoms. The van der Waals surface area contributed by atoms with E-state index in [-0.39, 0.29) is 11.3 Å². The Hall–Kier alpha value is -3.55. The van der Waals surface area contributed by atoms with E-state index >= 15 is 0 Å². The summed E-state index contributed by atoms with van der Waals surface area (Å²) in [5.74, 6) is 0.0924. The van der Waals surface area contributed by atoms with Crippen LogP contribution in [0.25, 0.3) is 11.1 Å². The number of phenolic OH excluding ortho intramolecular Hbond substituents is 1. The lowest BCUT2D eigenvalue weighted by atomic mass is 10.0. The van der Waals surface area contributed by atoms with Crippen LogP contribution in [-0.2, 0) is 5.72 Å². The van der Waals surface area contributed by atoms with Gasteiger partial charge in [0.15, 0.2) is 0 Å². The number of benzene rings is 3. The number of carboxylic acid groups (broad SMARTS) is 1. The molecule has 0 aliphatic carbocycles. The second kappa shape index (κ2) is 10.8. The highest BCUT2D eigenvalue weighted by molar-refractivity contribution is 5.92. The lowest BCUT2D eigenvalue weighted by molar-refractivity contribution is 0.0167. The lowest BCUT2D eigenvalue weighted by Gasteiger charge is -2.25. The predicted molar refractivity (Wildman–Crippen MR) is 126 cm³/mol. The van der Waals surface area contributed by atoms with Crippen LogP contribution < -0.4 is 14.8 Å². The molecule has 33 heavy (non-hydrogen) atoms. The Kier molecular flexibility index (Phi) is 7.92. The van der Waals surface area contributed by atoms with Crippen molar-refractivity contribution in [3.8, 4) is 28.4 Å². The van der Waals surface area contributed by atoms with E-state index in [4.69, 9.17) is 9.47 Å². The molecule has 7 heteroatoms. The van der Waals surface area contributed by atoms with E-state index in [0.29, 0.717) is 36.8 Å². The number of nitrogens with one attached hydrogen (secondary N) is 1. The summed E-state index contributed by atoms with van der Waals surface area (Å²) in [5, 5.41) is 32.5. The fourth-order valence-electron chi connectivity index (χ4n) is 3.33. The number of aliphatic hydroxyl groups is 1. The third-order valence-electron chi connectivity index (χ3n) is 5.11. The summed E-state index contributed by atoms with van der Waals surface area (Å²) in [6.07, 6.45) is 0.785. The molecule has 0 saturated carbocycles. The maximum Gasteiger partial charge on any atom is 0.339 e. The smallest absolute Gasteiger partial charge is 0.339 e. The van der Waals surface area contributed by atoms with Crippen molar-refractivity contribution in [3.63, 3.8) is 0 Å². The average molecular weight is 452 g/mol. The van der Waals surface area contributed by atoms with Crippen molar-refractivity contribution >= 4 is 5.97 Å². The van der Waals surface area contributed by atoms with E-state index < -0.39 is 11.7 Å². The zero-order valence-corrected chi connectivity index (χ0v) is 18.7. The molecule has 4 N–H and O–H groups in total. The van der Waals surface area contributed by atoms with Crippen molar-refractivity contribution in [2.45, 2.75) is 26.0 Å². The average Bonchev–Trinajstić information content (AvgIpc) is 2.80. The lowest BCUT2D eigenvalue weighted by Crippen LogP contribution is -2.41. The van der Waals surface area contributed by atoms with Gasteiger partial charge in [0.05, 0.1) is 6.61 Å². The SMILES string of the molecule is CCCOc1cc(-c2ccc(OCCN[C@@](C)(O)c3cccc(O)c3)cc2)ccc1C(=O)O. The quantitative estimate of drug-likeness (QED) is 0.253. The molecule has 0 radical (unpaired) electrons. The molecule has 0 saturated heterocycles. The van der Waals surface area contributed by atoms with Crippen molar-refractivity contribution in [3.05, 3.63) is 77.9 Å². The van der Waals surface area contributed by atoms with Crippen LogP contribution in [0.5, 0.6) is 17.2 Å². The van der Waals surface area contributed by atoms with Gasteiger partial charge in [0, 0.05) is 12.1 Å². The maximum absolute atomic E-state index is 11.4. The first kappa shape index (κ1) is 24.1. The van der Waals surface area contributed by atoms with Crippen molar-refractivity contribution in [1.29, 1.82) is 0 Å². The van der Waals surface area contributed by atoms with Gasteiger partial charge in [-0.15, -0.1) is 0 Å². The second-order valence-corrected chi connectivity index (χ2v) is 7.79. The van der Waals surface area contributed by atoms with Gasteiger partial charge in [-0.05, 0) is 60.9 Å². The molecule has 0 heterocycles. The molecule has 3 rings (SSSR count). The summed E-state index contributed by atoms with van der Waals surface area (Å²) in [6, 6.07) is 19.0. The molecule has 7 nitrogen and oxygen atoms in total. The van der Waals surface area contributed by atoms with Gasteiger partial charge in [-0.1, -0.05) is 37.3 Å². The number of aromatic hydroxyl groups is 1. The zero-order valence-electron chi connectivity index (χ0n) is 18.7. The van der Waals surface area contributed by atoms with Crippen LogP contribution in [-0.4, -0.2) is 41.0 Å². The normalized spacial score (nSPS) is 12.7. The third-order valence-corrected chi connectivity index (χ3v) is 5.11. The Morgan fingerprint density at radius 3 is 2.36 bits per heavy atom. The second-order valence-electron chi connectivity index (χ2n) is 7.79. The van der Waals surface area contributed by atoms with Crippen LogP contribution in [0.1, 0.15) is 36.2 Å². The molecule has 0 aromatic heterocycles. The summed E-state index contributed by atoms with van der Waals surface area (Å²) in [5.41, 5.74) is 1.15. The molecule has 0 amide bonds. The minimum Gasteiger partial charge on any atom is -0.508 e. The van der Waals surface area contributed by atoms with E-state index in [9.17, 15) is 20.1 Å². The maximum atomic E-state index is 11.4. The largest absolute Gasteiger partial charge is 0.508 e. The monoisotopic (exact) mass is 451 g/mol. The standard InChI is InChI=1S/C26H29NO6/c1-3-14-33-24-16-19(9-12-23(24)25(29)30)18-7-10-22(11-8-18)32-15-13-27-26(2,31)20-5-4-6-21(28)17-20/h4-12,16-17,27-28,31H,3,13-15H2,1-2H3,(H,29,30)/t26-/m0/s1. The summed E-state index contributed by atoms with van der Waals surface area (Å²) < 4.78 is 11.4. The topological polar surface area (TPSA) is 108 Å². The number of ether oxygens (including phenoxy) is 2. The number of carbonyl (C=O) groups is 1. The van der Waals surface area contributed by atoms with Crippen molar-refractivity contribution < 1.29 is 29.6 Å². The zero-order chi connectivity index (χ0) is 23.8. The number of carboxylic acids is 1. The molecule has 174 valence electrons. The summed E-state index contributed by atoms with van der Waals surface area (Å²) in [4.78, 5) is 11.4. The van der Waals surface area contributed by atoms with Gasteiger partial charge in [0.2, 0.25) is 0 Å². The Morgan fingerprint density at radius 1 is 0.970 bits per heavy atom. The van der Waals surface area contributed by atoms with Gasteiger partial charge in [-0.2, -0.15) is 0 Å². The first-order valence-electron chi connectivity index (χ1n) is 10.8. The Morgan fingerprint density at radius 2 is 1.70 bits per heavy atom. The fourth-order valence-corrected chi connectivity index (χ4v) is 3.33. The Bertz CT molecular complexity index is 1080. The van der Waals surface area contributed by atoms with E-state index in [1.165, 1.54) is 6.07 Å². The number of hydrogen-bond acceptors (Lipinski definition) is 6. The highest BCUT2D eigenvalue weighted by Crippen LogP contribution is 2.29. The number of phenols is 1. The Labute approximate surface area is 193 Å². The first-order valence-corrected chi connectivity index (χ1v) is 10.8. The van der Waals surface area contributed by atoms with Crippen molar-refractivity contribution in [1.82, 2.24) is 5.32 Å². The van der Waals surface area contributed by atoms with Crippen molar-refractivity contribution in [2.24, 2.45) is 0 Å². The minimum atomic E-state index is -1.30. The van der Waals surface area contributed by atoms with Gasteiger partial charge in [-0.25, -0.2) is 4.79 Å². The molecule has 0 fully saturated rings. The van der Waals surface area contributed by atoms with Gasteiger partial charge in [0.25, 0.3) is 0 Å². The highest BCUT2D eigenvalue weighted by atomic mass is 16.5. The minimum absolute atomic E-state index is 0.0903. The summed E-state index contributed by atoms with van der Waals surface area (Å²) >= 11 is 0. The molecule has 3 aromatic carbocycles. The molecule has 1 atom stereocenters. The van der Waals surface area contributed by atoms with Crippen molar-refractivity contribution in [2.75, 3.05) is 19.8 Å². The molecule has 0 unspecified atom stereocenters. The number of hydrogen-bond donors (Lipinski definition) is 4. The van der Waals surface area contributed by atoms with Gasteiger partial charge >= 0.3 is 5.97 Å². The molecular formula is C26H29NO6. The highest BCUT2D eigenvalue weighted by Gasteiger charge is 2.22. The van der Waals surface area contributed by atoms with E-state index in [1.807, 2.05) is 31.2 Å². The van der Waals surface area contributed by atoms with Crippen LogP contribution >= 0.6 is 0 Å². The Balaban J connectivity index is 1.58. The van der Waals surface area contributed by atoms with E-state index in [2.05, 4.69) is 5.32 Å². The van der Waals surface area contributed by atoms with Crippen LogP contribution in [0.2, 0.25) is 0 Å². The third kappa shape index (κ3) is 6.47. The summed E-state index contributed by atoms with van der Waals surface area (Å²) in [6.45, 7) is 4.75. The van der Waals surface area contributed by atoms with Gasteiger partial charge < -0.3 is 24.8 Å². The van der Waals surface area contributed by atoms with Crippen LogP contribution in [0.15, 0.2) is 66.7 Å². The fraction of sp³-hybridized carbons (Fsp3) is 0.269. The number of rotatable bonds is 11. The number of aromatic carboxylic acids is 1. The van der Waals surface area contributed by atoms with Gasteiger partial charge in [-0.3, -0.25) is 5.32 Å². The molecular weight excluding hydrogens is 422 g/mol.